The predicted octanol–water partition coefficient (Wildman–Crippen LogP) is 3.20. The lowest BCUT2D eigenvalue weighted by Crippen LogP contribution is -1.90. The maximum atomic E-state index is 11.6. The lowest BCUT2D eigenvalue weighted by Gasteiger charge is -1.99. The van der Waals surface area contributed by atoms with E-state index in [4.69, 9.17) is 11.6 Å². The van der Waals surface area contributed by atoms with Gasteiger partial charge in [-0.25, -0.2) is 4.21 Å². The second-order valence-electron chi connectivity index (χ2n) is 2.67. The molecule has 0 amide bonds. The van der Waals surface area contributed by atoms with Gasteiger partial charge in [0, 0.05) is 4.90 Å². The van der Waals surface area contributed by atoms with E-state index in [1.54, 1.807) is 13.0 Å². The van der Waals surface area contributed by atoms with Crippen LogP contribution >= 0.6 is 11.6 Å². The first-order valence-corrected chi connectivity index (χ1v) is 5.48. The lowest BCUT2D eigenvalue weighted by molar-refractivity contribution is 0.688. The molecule has 0 aromatic heterocycles. The van der Waals surface area contributed by atoms with Gasteiger partial charge < -0.3 is 0 Å². The van der Waals surface area contributed by atoms with E-state index in [1.807, 2.05) is 31.2 Å². The molecule has 13 heavy (non-hydrogen) atoms. The van der Waals surface area contributed by atoms with Crippen molar-refractivity contribution in [2.75, 3.05) is 0 Å². The van der Waals surface area contributed by atoms with Gasteiger partial charge in [-0.05, 0) is 26.0 Å². The number of hydrogen-bond acceptors (Lipinski definition) is 1. The van der Waals surface area contributed by atoms with Gasteiger partial charge in [0.15, 0.2) is 0 Å². The Kier molecular flexibility index (Phi) is 3.70. The van der Waals surface area contributed by atoms with E-state index in [0.717, 1.165) is 10.5 Å². The third-order valence-electron chi connectivity index (χ3n) is 1.64. The van der Waals surface area contributed by atoms with Gasteiger partial charge in [-0.1, -0.05) is 35.4 Å². The van der Waals surface area contributed by atoms with E-state index in [1.165, 1.54) is 0 Å². The van der Waals surface area contributed by atoms with Crippen LogP contribution in [0, 0.1) is 6.92 Å². The van der Waals surface area contributed by atoms with Crippen LogP contribution in [0.5, 0.6) is 0 Å². The van der Waals surface area contributed by atoms with Gasteiger partial charge >= 0.3 is 0 Å². The summed E-state index contributed by atoms with van der Waals surface area (Å²) in [7, 11) is -1.21. The quantitative estimate of drug-likeness (QED) is 0.739. The van der Waals surface area contributed by atoms with Gasteiger partial charge in [-0.2, -0.15) is 0 Å². The molecule has 0 aliphatic rings. The van der Waals surface area contributed by atoms with Crippen molar-refractivity contribution in [3.63, 3.8) is 0 Å². The minimum Gasteiger partial charge on any atom is -0.248 e. The van der Waals surface area contributed by atoms with Gasteiger partial charge in [-0.15, -0.1) is 0 Å². The van der Waals surface area contributed by atoms with Crippen LogP contribution in [0.1, 0.15) is 12.5 Å². The Hall–Kier alpha value is -0.600. The molecule has 70 valence electrons. The molecular weight excluding hydrogens is 204 g/mol. The molecule has 1 aromatic rings. The Morgan fingerprint density at radius 2 is 1.92 bits per heavy atom. The number of hydrogen-bond donors (Lipinski definition) is 0. The molecular formula is C10H11ClOS. The minimum atomic E-state index is -1.21. The Labute approximate surface area is 85.9 Å². The highest BCUT2D eigenvalue weighted by Crippen LogP contribution is 2.17. The van der Waals surface area contributed by atoms with Crippen molar-refractivity contribution in [1.82, 2.24) is 0 Å². The van der Waals surface area contributed by atoms with Crippen LogP contribution in [0.3, 0.4) is 0 Å². The molecule has 0 spiro atoms. The summed E-state index contributed by atoms with van der Waals surface area (Å²) >= 11 is 5.75. The van der Waals surface area contributed by atoms with Gasteiger partial charge in [0.25, 0.3) is 0 Å². The summed E-state index contributed by atoms with van der Waals surface area (Å²) in [6, 6.07) is 7.51. The number of benzene rings is 1. The van der Waals surface area contributed by atoms with Gasteiger partial charge in [-0.3, -0.25) is 0 Å². The number of rotatable bonds is 2. The first kappa shape index (κ1) is 10.5. The van der Waals surface area contributed by atoms with Crippen molar-refractivity contribution in [2.24, 2.45) is 0 Å². The van der Waals surface area contributed by atoms with E-state index in [-0.39, 0.29) is 0 Å². The number of allylic oxidation sites excluding steroid dienone is 1. The number of aryl methyl sites for hydroxylation is 1. The maximum absolute atomic E-state index is 11.6. The zero-order valence-electron chi connectivity index (χ0n) is 7.58. The SMILES string of the molecule is C/C=C(\Cl)[S@@](=O)c1ccc(C)cc1. The minimum absolute atomic E-state index is 0.379. The van der Waals surface area contributed by atoms with E-state index in [2.05, 4.69) is 0 Å². The highest BCUT2D eigenvalue weighted by molar-refractivity contribution is 7.90. The summed E-state index contributed by atoms with van der Waals surface area (Å²) in [5.74, 6) is 0. The third-order valence-corrected chi connectivity index (χ3v) is 3.57. The number of halogens is 1. The second-order valence-corrected chi connectivity index (χ2v) is 4.75. The molecule has 0 heterocycles. The highest BCUT2D eigenvalue weighted by atomic mass is 35.5. The largest absolute Gasteiger partial charge is 0.248 e. The summed E-state index contributed by atoms with van der Waals surface area (Å²) in [5.41, 5.74) is 1.15. The van der Waals surface area contributed by atoms with Crippen LogP contribution in [0.2, 0.25) is 0 Å². The average molecular weight is 215 g/mol. The summed E-state index contributed by atoms with van der Waals surface area (Å²) < 4.78 is 12.0. The fourth-order valence-electron chi connectivity index (χ4n) is 0.881. The Balaban J connectivity index is 2.97. The zero-order chi connectivity index (χ0) is 9.84. The van der Waals surface area contributed by atoms with E-state index in [0.29, 0.717) is 4.36 Å². The monoisotopic (exact) mass is 214 g/mol. The van der Waals surface area contributed by atoms with E-state index >= 15 is 0 Å². The van der Waals surface area contributed by atoms with E-state index in [9.17, 15) is 4.21 Å². The van der Waals surface area contributed by atoms with Crippen LogP contribution in [-0.4, -0.2) is 4.21 Å². The molecule has 0 N–H and O–H groups in total. The van der Waals surface area contributed by atoms with Crippen LogP contribution in [0.15, 0.2) is 39.6 Å². The molecule has 0 saturated heterocycles. The molecule has 0 aliphatic carbocycles. The Bertz CT molecular complexity index is 340. The van der Waals surface area contributed by atoms with Gasteiger partial charge in [0.2, 0.25) is 0 Å². The van der Waals surface area contributed by atoms with Crippen LogP contribution in [-0.2, 0) is 10.8 Å². The van der Waals surface area contributed by atoms with E-state index < -0.39 is 10.8 Å². The molecule has 3 heteroatoms. The summed E-state index contributed by atoms with van der Waals surface area (Å²) in [4.78, 5) is 0.744. The molecule has 1 atom stereocenters. The fourth-order valence-corrected chi connectivity index (χ4v) is 1.97. The average Bonchev–Trinajstić information content (AvgIpc) is 2.17. The molecule has 1 aromatic carbocycles. The van der Waals surface area contributed by atoms with Gasteiger partial charge in [0.05, 0.1) is 10.8 Å². The molecule has 0 aliphatic heterocycles. The first-order valence-electron chi connectivity index (χ1n) is 3.95. The van der Waals surface area contributed by atoms with Crippen molar-refractivity contribution < 1.29 is 4.21 Å². The zero-order valence-corrected chi connectivity index (χ0v) is 9.15. The normalized spacial score (nSPS) is 14.2. The van der Waals surface area contributed by atoms with Crippen molar-refractivity contribution in [3.05, 3.63) is 40.3 Å². The van der Waals surface area contributed by atoms with Crippen LogP contribution in [0.25, 0.3) is 0 Å². The third kappa shape index (κ3) is 2.68. The molecule has 0 saturated carbocycles. The summed E-state index contributed by atoms with van der Waals surface area (Å²) in [6.07, 6.45) is 1.65. The van der Waals surface area contributed by atoms with Crippen molar-refractivity contribution in [1.29, 1.82) is 0 Å². The van der Waals surface area contributed by atoms with Crippen molar-refractivity contribution in [3.8, 4) is 0 Å². The van der Waals surface area contributed by atoms with Crippen molar-refractivity contribution >= 4 is 22.4 Å². The molecule has 1 nitrogen and oxygen atoms in total. The standard InChI is InChI=1S/C10H11ClOS/c1-3-10(11)13(12)9-6-4-8(2)5-7-9/h3-7H,1-2H3/b10-3+/t13-/m0/s1. The summed E-state index contributed by atoms with van der Waals surface area (Å²) in [6.45, 7) is 3.76. The van der Waals surface area contributed by atoms with Crippen LogP contribution in [0.4, 0.5) is 0 Å². The van der Waals surface area contributed by atoms with Crippen LogP contribution < -0.4 is 0 Å². The lowest BCUT2D eigenvalue weighted by atomic mass is 10.2. The maximum Gasteiger partial charge on any atom is 0.105 e. The molecule has 0 radical (unpaired) electrons. The first-order chi connectivity index (χ1) is 6.15. The highest BCUT2D eigenvalue weighted by Gasteiger charge is 2.05. The Morgan fingerprint density at radius 1 is 1.38 bits per heavy atom. The Morgan fingerprint density at radius 3 is 2.38 bits per heavy atom. The van der Waals surface area contributed by atoms with Crippen molar-refractivity contribution in [2.45, 2.75) is 18.7 Å². The second kappa shape index (κ2) is 4.58. The topological polar surface area (TPSA) is 17.1 Å². The molecule has 0 bridgehead atoms. The smallest absolute Gasteiger partial charge is 0.105 e. The summed E-state index contributed by atoms with van der Waals surface area (Å²) in [5, 5.41) is 0. The van der Waals surface area contributed by atoms with Gasteiger partial charge in [0.1, 0.15) is 4.36 Å². The molecule has 0 fully saturated rings. The fraction of sp³-hybridized carbons (Fsp3) is 0.200. The molecule has 0 unspecified atom stereocenters. The molecule has 1 rings (SSSR count). The predicted molar refractivity (Wildman–Crippen MR) is 57.2 cm³/mol.